The minimum Gasteiger partial charge on any atom is -0.392 e. The van der Waals surface area contributed by atoms with Gasteiger partial charge < -0.3 is 15.3 Å². The third kappa shape index (κ3) is 3.28. The summed E-state index contributed by atoms with van der Waals surface area (Å²) in [6, 6.07) is 1.78. The molecule has 4 nitrogen and oxygen atoms in total. The maximum Gasteiger partial charge on any atom is 0.239 e. The van der Waals surface area contributed by atoms with Gasteiger partial charge in [0.1, 0.15) is 0 Å². The van der Waals surface area contributed by atoms with E-state index in [0.717, 1.165) is 9.35 Å². The normalized spacial score (nSPS) is 23.9. The molecule has 2 heterocycles. The monoisotopic (exact) mass is 318 g/mol. The second-order valence-corrected chi connectivity index (χ2v) is 6.59. The highest BCUT2D eigenvalue weighted by molar-refractivity contribution is 9.11. The molecule has 1 aromatic heterocycles. The van der Waals surface area contributed by atoms with Gasteiger partial charge in [-0.3, -0.25) is 4.79 Å². The summed E-state index contributed by atoms with van der Waals surface area (Å²) < 4.78 is 1.07. The molecule has 94 valence electrons. The van der Waals surface area contributed by atoms with Crippen LogP contribution in [0.2, 0.25) is 0 Å². The summed E-state index contributed by atoms with van der Waals surface area (Å²) in [5.41, 5.74) is 1.12. The lowest BCUT2D eigenvalue weighted by Crippen LogP contribution is -2.41. The summed E-state index contributed by atoms with van der Waals surface area (Å²) in [7, 11) is 1.79. The average Bonchev–Trinajstić information content (AvgIpc) is 2.87. The van der Waals surface area contributed by atoms with Crippen LogP contribution in [0.25, 0.3) is 0 Å². The summed E-state index contributed by atoms with van der Waals surface area (Å²) >= 11 is 5.02. The average molecular weight is 319 g/mol. The molecular weight excluding hydrogens is 304 g/mol. The van der Waals surface area contributed by atoms with E-state index in [9.17, 15) is 9.90 Å². The Morgan fingerprint density at radius 3 is 3.06 bits per heavy atom. The number of hydrogen-bond donors (Lipinski definition) is 2. The van der Waals surface area contributed by atoms with Crippen LogP contribution in [0.4, 0.5) is 0 Å². The quantitative estimate of drug-likeness (QED) is 0.880. The number of carbonyl (C=O) groups is 1. The number of nitrogens with zero attached hydrogens (tertiary/aromatic N) is 1. The van der Waals surface area contributed by atoms with Gasteiger partial charge in [0.05, 0.1) is 15.9 Å². The molecule has 0 aromatic carbocycles. The zero-order valence-corrected chi connectivity index (χ0v) is 11.9. The first-order chi connectivity index (χ1) is 8.06. The number of rotatable bonds is 3. The minimum absolute atomic E-state index is 0.0453. The number of aliphatic hydroxyl groups is 1. The predicted molar refractivity (Wildman–Crippen MR) is 70.9 cm³/mol. The second kappa shape index (κ2) is 5.48. The number of thiophene rings is 1. The molecule has 0 spiro atoms. The first kappa shape index (κ1) is 13.0. The number of β-amino-alcohol motifs (C(OH)–C–C–N with tert-alkyl or cyclic N) is 1. The van der Waals surface area contributed by atoms with Gasteiger partial charge in [0.15, 0.2) is 0 Å². The molecule has 1 aliphatic heterocycles. The Hall–Kier alpha value is -0.430. The zero-order valence-electron chi connectivity index (χ0n) is 9.52. The Bertz CT molecular complexity index is 410. The van der Waals surface area contributed by atoms with Crippen molar-refractivity contribution in [3.63, 3.8) is 0 Å². The smallest absolute Gasteiger partial charge is 0.239 e. The first-order valence-electron chi connectivity index (χ1n) is 5.45. The van der Waals surface area contributed by atoms with Gasteiger partial charge in [-0.15, -0.1) is 11.3 Å². The minimum atomic E-state index is -0.396. The highest BCUT2D eigenvalue weighted by Crippen LogP contribution is 2.22. The van der Waals surface area contributed by atoms with Crippen molar-refractivity contribution in [3.8, 4) is 0 Å². The highest BCUT2D eigenvalue weighted by atomic mass is 79.9. The maximum atomic E-state index is 12.0. The maximum absolute atomic E-state index is 12.0. The van der Waals surface area contributed by atoms with Gasteiger partial charge in [0.2, 0.25) is 5.91 Å². The number of likely N-dealkylation sites (N-methyl/N-ethyl adjacent to an activating group) is 1. The third-order valence-corrected chi connectivity index (χ3v) is 4.38. The van der Waals surface area contributed by atoms with Crippen LogP contribution in [0.5, 0.6) is 0 Å². The number of aliphatic hydroxyl groups excluding tert-OH is 1. The van der Waals surface area contributed by atoms with Crippen LogP contribution in [-0.4, -0.2) is 41.7 Å². The summed E-state index contributed by atoms with van der Waals surface area (Å²) in [6.07, 6.45) is 0.115. The van der Waals surface area contributed by atoms with Crippen molar-refractivity contribution in [1.29, 1.82) is 0 Å². The molecule has 1 aromatic rings. The zero-order chi connectivity index (χ0) is 12.4. The first-order valence-corrected chi connectivity index (χ1v) is 7.13. The molecule has 0 unspecified atom stereocenters. The van der Waals surface area contributed by atoms with E-state index in [1.807, 2.05) is 11.4 Å². The molecule has 1 amide bonds. The molecule has 1 fully saturated rings. The summed E-state index contributed by atoms with van der Waals surface area (Å²) in [5, 5.41) is 14.4. The Labute approximate surface area is 113 Å². The van der Waals surface area contributed by atoms with Gasteiger partial charge >= 0.3 is 0 Å². The lowest BCUT2D eigenvalue weighted by Gasteiger charge is -2.20. The largest absolute Gasteiger partial charge is 0.392 e. The van der Waals surface area contributed by atoms with Gasteiger partial charge in [0.25, 0.3) is 0 Å². The van der Waals surface area contributed by atoms with Crippen molar-refractivity contribution in [2.45, 2.75) is 25.1 Å². The lowest BCUT2D eigenvalue weighted by atomic mass is 10.2. The SMILES string of the molecule is CN(Cc1csc(Br)c1)C(=O)[C@@H]1C[C@H](O)CN1. The fourth-order valence-electron chi connectivity index (χ4n) is 1.95. The molecular formula is C11H15BrN2O2S. The fourth-order valence-corrected chi connectivity index (χ4v) is 3.15. The fraction of sp³-hybridized carbons (Fsp3) is 0.545. The molecule has 2 rings (SSSR count). The Kier molecular flexibility index (Phi) is 4.19. The van der Waals surface area contributed by atoms with Crippen molar-refractivity contribution < 1.29 is 9.90 Å². The van der Waals surface area contributed by atoms with Crippen LogP contribution in [0.1, 0.15) is 12.0 Å². The van der Waals surface area contributed by atoms with E-state index in [1.165, 1.54) is 0 Å². The van der Waals surface area contributed by atoms with Crippen molar-refractivity contribution in [2.75, 3.05) is 13.6 Å². The van der Waals surface area contributed by atoms with Crippen LogP contribution in [-0.2, 0) is 11.3 Å². The Morgan fingerprint density at radius 2 is 2.53 bits per heavy atom. The van der Waals surface area contributed by atoms with Crippen molar-refractivity contribution in [1.82, 2.24) is 10.2 Å². The van der Waals surface area contributed by atoms with Crippen LogP contribution >= 0.6 is 27.3 Å². The summed E-state index contributed by atoms with van der Waals surface area (Å²) in [5.74, 6) is 0.0453. The number of halogens is 1. The molecule has 2 N–H and O–H groups in total. The number of amides is 1. The number of nitrogens with one attached hydrogen (secondary N) is 1. The predicted octanol–water partition coefficient (Wildman–Crippen LogP) is 1.19. The topological polar surface area (TPSA) is 52.6 Å². The van der Waals surface area contributed by atoms with Crippen LogP contribution < -0.4 is 5.32 Å². The molecule has 17 heavy (non-hydrogen) atoms. The van der Waals surface area contributed by atoms with Crippen LogP contribution in [0.3, 0.4) is 0 Å². The molecule has 0 aliphatic carbocycles. The summed E-state index contributed by atoms with van der Waals surface area (Å²) in [6.45, 7) is 1.11. The van der Waals surface area contributed by atoms with E-state index in [2.05, 4.69) is 21.2 Å². The van der Waals surface area contributed by atoms with E-state index in [0.29, 0.717) is 19.5 Å². The number of carbonyl (C=O) groups excluding carboxylic acids is 1. The highest BCUT2D eigenvalue weighted by Gasteiger charge is 2.29. The Morgan fingerprint density at radius 1 is 1.76 bits per heavy atom. The van der Waals surface area contributed by atoms with E-state index in [4.69, 9.17) is 0 Å². The van der Waals surface area contributed by atoms with Crippen molar-refractivity contribution in [3.05, 3.63) is 20.8 Å². The standard InChI is InChI=1S/C11H15BrN2O2S/c1-14(5-7-2-10(12)17-6-7)11(16)9-3-8(15)4-13-9/h2,6,8-9,13,15H,3-5H2,1H3/t8-,9-/m0/s1. The molecule has 1 aliphatic rings. The van der Waals surface area contributed by atoms with Crippen molar-refractivity contribution >= 4 is 33.2 Å². The van der Waals surface area contributed by atoms with E-state index in [-0.39, 0.29) is 11.9 Å². The second-order valence-electron chi connectivity index (χ2n) is 4.30. The van der Waals surface area contributed by atoms with Crippen LogP contribution in [0, 0.1) is 0 Å². The van der Waals surface area contributed by atoms with Gasteiger partial charge in [-0.25, -0.2) is 0 Å². The Balaban J connectivity index is 1.91. The van der Waals surface area contributed by atoms with E-state index in [1.54, 1.807) is 23.3 Å². The molecule has 2 atom stereocenters. The molecule has 0 saturated carbocycles. The van der Waals surface area contributed by atoms with Crippen LogP contribution in [0.15, 0.2) is 15.2 Å². The molecule has 0 bridgehead atoms. The van der Waals surface area contributed by atoms with Gasteiger partial charge in [-0.05, 0) is 39.4 Å². The van der Waals surface area contributed by atoms with Gasteiger partial charge in [0, 0.05) is 20.1 Å². The van der Waals surface area contributed by atoms with Gasteiger partial charge in [-0.1, -0.05) is 0 Å². The third-order valence-electron chi connectivity index (χ3n) is 2.82. The van der Waals surface area contributed by atoms with E-state index >= 15 is 0 Å². The molecule has 0 radical (unpaired) electrons. The molecule has 6 heteroatoms. The van der Waals surface area contributed by atoms with E-state index < -0.39 is 6.10 Å². The number of hydrogen-bond acceptors (Lipinski definition) is 4. The van der Waals surface area contributed by atoms with Gasteiger partial charge in [-0.2, -0.15) is 0 Å². The molecule has 1 saturated heterocycles. The summed E-state index contributed by atoms with van der Waals surface area (Å²) in [4.78, 5) is 13.7. The lowest BCUT2D eigenvalue weighted by molar-refractivity contribution is -0.132. The van der Waals surface area contributed by atoms with Crippen molar-refractivity contribution in [2.24, 2.45) is 0 Å².